The first-order valence-electron chi connectivity index (χ1n) is 32.6. The smallest absolute Gasteiger partial charge is 0.330 e. The maximum Gasteiger partial charge on any atom is 0.330 e. The second-order valence-corrected chi connectivity index (χ2v) is 31.9. The number of hydrogen-bond acceptors (Lipinski definition) is 19. The first kappa shape index (κ1) is 84.5. The van der Waals surface area contributed by atoms with Gasteiger partial charge in [0.05, 0.1) is 51.1 Å². The van der Waals surface area contributed by atoms with E-state index in [0.29, 0.717) is 13.2 Å². The third kappa shape index (κ3) is 28.2. The van der Waals surface area contributed by atoms with Crippen molar-refractivity contribution in [3.05, 3.63) is 25.3 Å². The number of piperidine rings is 5. The molecule has 2 N–H and O–H groups in total. The van der Waals surface area contributed by atoms with Crippen LogP contribution in [0.25, 0.3) is 0 Å². The van der Waals surface area contributed by atoms with Crippen LogP contribution in [-0.2, 0) is 66.7 Å². The van der Waals surface area contributed by atoms with Crippen molar-refractivity contribution in [2.24, 2.45) is 0 Å². The molecule has 0 aromatic rings. The summed E-state index contributed by atoms with van der Waals surface area (Å²) >= 11 is 0. The van der Waals surface area contributed by atoms with Crippen molar-refractivity contribution in [1.82, 2.24) is 24.5 Å². The van der Waals surface area contributed by atoms with Crippen LogP contribution >= 0.6 is 0 Å². The van der Waals surface area contributed by atoms with Crippen LogP contribution in [0, 0.1) is 0 Å². The number of carbonyl (C=O) groups excluding carboxylic acids is 5. The lowest BCUT2D eigenvalue weighted by Gasteiger charge is -2.53. The number of carbonyl (C=O) groups is 7. The summed E-state index contributed by atoms with van der Waals surface area (Å²) in [5.74, 6) is -3.52. The molecule has 0 spiro atoms. The highest BCUT2D eigenvalue weighted by atomic mass is 16.6. The molecule has 0 saturated carbocycles. The molecule has 0 radical (unpaired) electrons. The van der Waals surface area contributed by atoms with Gasteiger partial charge in [0.2, 0.25) is 0 Å². The van der Waals surface area contributed by atoms with Crippen LogP contribution in [0.4, 0.5) is 0 Å². The molecule has 5 fully saturated rings. The topological polar surface area (TPSA) is 241 Å². The Hall–Kier alpha value is -4.51. The molecule has 528 valence electrons. The van der Waals surface area contributed by atoms with E-state index in [0.717, 1.165) is 70.3 Å². The normalized spacial score (nSPS) is 23.5. The van der Waals surface area contributed by atoms with E-state index in [4.69, 9.17) is 43.4 Å². The number of hydrogen-bond donors (Lipinski definition) is 2. The molecule has 0 aliphatic carbocycles. The van der Waals surface area contributed by atoms with Gasteiger partial charge in [0.15, 0.2) is 0 Å². The number of carboxylic acid groups (broad SMARTS) is 2. The summed E-state index contributed by atoms with van der Waals surface area (Å²) in [6, 6.07) is 0. The maximum absolute atomic E-state index is 11.8. The SMILES string of the molecule is C=CC(=O)OC1CC(C)(C)N(C)C(C)(C)C1.C=CC(=O)OCCC(=O)OC1CC(C)(C)N(C)C(C)(C)C1.CC(=O)OC1CC(C)(C)N(C)C(C)(C)C1.CN1C(C)(C)CC(OCCC(=O)O)CC1(C)C.CN1C(C)(C)CC(OCCC(=O)OCCC(=O)O)CC1(C)C. The van der Waals surface area contributed by atoms with Crippen LogP contribution in [0.15, 0.2) is 25.3 Å². The molecule has 5 saturated heterocycles. The Labute approximate surface area is 549 Å². The van der Waals surface area contributed by atoms with Crippen LogP contribution in [0.2, 0.25) is 0 Å². The summed E-state index contributed by atoms with van der Waals surface area (Å²) in [5, 5.41) is 17.1. The fourth-order valence-corrected chi connectivity index (χ4v) is 13.8. The quantitative estimate of drug-likeness (QED) is 0.0694. The van der Waals surface area contributed by atoms with Gasteiger partial charge in [-0.05, 0) is 199 Å². The van der Waals surface area contributed by atoms with Crippen molar-refractivity contribution in [1.29, 1.82) is 0 Å². The lowest BCUT2D eigenvalue weighted by atomic mass is 9.79. The molecule has 0 aromatic carbocycles. The molecule has 91 heavy (non-hydrogen) atoms. The Kier molecular flexibility index (Phi) is 31.8. The highest BCUT2D eigenvalue weighted by Crippen LogP contribution is 2.42. The third-order valence-corrected chi connectivity index (χ3v) is 20.1. The van der Waals surface area contributed by atoms with E-state index < -0.39 is 23.9 Å². The summed E-state index contributed by atoms with van der Waals surface area (Å²) in [7, 11) is 10.7. The van der Waals surface area contributed by atoms with Crippen LogP contribution in [0.1, 0.15) is 235 Å². The van der Waals surface area contributed by atoms with Gasteiger partial charge in [0.25, 0.3) is 0 Å². The Bertz CT molecular complexity index is 2320. The van der Waals surface area contributed by atoms with Crippen molar-refractivity contribution in [2.75, 3.05) is 61.7 Å². The Morgan fingerprint density at radius 1 is 0.352 bits per heavy atom. The first-order valence-corrected chi connectivity index (χ1v) is 32.6. The maximum atomic E-state index is 11.8. The number of aliphatic carboxylic acids is 2. The van der Waals surface area contributed by atoms with Crippen molar-refractivity contribution in [3.63, 3.8) is 0 Å². The second kappa shape index (κ2) is 34.2. The summed E-state index contributed by atoms with van der Waals surface area (Å²) < 4.78 is 37.4. The van der Waals surface area contributed by atoms with Crippen LogP contribution in [0.3, 0.4) is 0 Å². The van der Waals surface area contributed by atoms with Crippen LogP contribution in [-0.4, -0.2) is 224 Å². The van der Waals surface area contributed by atoms with Crippen molar-refractivity contribution in [2.45, 2.75) is 321 Å². The zero-order valence-corrected chi connectivity index (χ0v) is 61.5. The molecule has 21 nitrogen and oxygen atoms in total. The van der Waals surface area contributed by atoms with E-state index in [9.17, 15) is 33.6 Å². The fraction of sp³-hybridized carbons (Fsp3) is 0.843. The lowest BCUT2D eigenvalue weighted by Crippen LogP contribution is -2.60. The molecule has 0 atom stereocenters. The molecule has 5 aliphatic rings. The van der Waals surface area contributed by atoms with Crippen molar-refractivity contribution in [3.8, 4) is 0 Å². The van der Waals surface area contributed by atoms with Gasteiger partial charge in [-0.15, -0.1) is 0 Å². The summed E-state index contributed by atoms with van der Waals surface area (Å²) in [5.41, 5.74) is 0.504. The molecule has 0 aromatic heterocycles. The van der Waals surface area contributed by atoms with Gasteiger partial charge in [0.1, 0.15) is 31.5 Å². The molecule has 0 bridgehead atoms. The average molecular weight is 1290 g/mol. The molecule has 21 heteroatoms. The summed E-state index contributed by atoms with van der Waals surface area (Å²) in [4.78, 5) is 89.0. The predicted molar refractivity (Wildman–Crippen MR) is 357 cm³/mol. The van der Waals surface area contributed by atoms with Gasteiger partial charge in [-0.2, -0.15) is 0 Å². The number of esters is 5. The number of likely N-dealkylation sites (tertiary alicyclic amines) is 5. The summed E-state index contributed by atoms with van der Waals surface area (Å²) in [6.45, 7) is 52.6. The lowest BCUT2D eigenvalue weighted by molar-refractivity contribution is -0.161. The Morgan fingerprint density at radius 3 is 0.879 bits per heavy atom. The molecule has 5 aliphatic heterocycles. The molecule has 0 unspecified atom stereocenters. The zero-order valence-electron chi connectivity index (χ0n) is 61.5. The van der Waals surface area contributed by atoms with E-state index in [1.165, 1.54) is 13.0 Å². The molecule has 0 amide bonds. The van der Waals surface area contributed by atoms with E-state index in [1.807, 2.05) is 0 Å². The number of carboxylic acids is 2. The van der Waals surface area contributed by atoms with Gasteiger partial charge in [-0.3, -0.25) is 48.5 Å². The highest BCUT2D eigenvalue weighted by Gasteiger charge is 2.48. The molecular weight excluding hydrogens is 1170 g/mol. The zero-order chi connectivity index (χ0) is 70.9. The number of nitrogens with zero attached hydrogens (tertiary/aromatic N) is 5. The van der Waals surface area contributed by atoms with Gasteiger partial charge in [-0.1, -0.05) is 13.2 Å². The van der Waals surface area contributed by atoms with E-state index in [-0.39, 0.29) is 143 Å². The summed E-state index contributed by atoms with van der Waals surface area (Å²) in [6.07, 6.45) is 11.6. The second-order valence-electron chi connectivity index (χ2n) is 31.9. The number of rotatable bonds is 19. The fourth-order valence-electron chi connectivity index (χ4n) is 13.8. The Balaban J connectivity index is 0.000000573. The third-order valence-electron chi connectivity index (χ3n) is 20.1. The molecular formula is C70H127N5O16. The van der Waals surface area contributed by atoms with E-state index in [1.54, 1.807) is 0 Å². The minimum absolute atomic E-state index is 0.00769. The van der Waals surface area contributed by atoms with E-state index >= 15 is 0 Å². The monoisotopic (exact) mass is 1290 g/mol. The van der Waals surface area contributed by atoms with E-state index in [2.05, 4.69) is 211 Å². The number of ether oxygens (including phenoxy) is 7. The van der Waals surface area contributed by atoms with Crippen LogP contribution in [0.5, 0.6) is 0 Å². The van der Waals surface area contributed by atoms with Gasteiger partial charge >= 0.3 is 41.8 Å². The first-order chi connectivity index (χ1) is 41.1. The van der Waals surface area contributed by atoms with Crippen molar-refractivity contribution < 1.29 is 76.9 Å². The Morgan fingerprint density at radius 2 is 0.593 bits per heavy atom. The largest absolute Gasteiger partial charge is 0.481 e. The minimum atomic E-state index is -0.972. The molecule has 5 heterocycles. The van der Waals surface area contributed by atoms with Gasteiger partial charge < -0.3 is 43.4 Å². The van der Waals surface area contributed by atoms with Crippen LogP contribution < -0.4 is 0 Å². The average Bonchev–Trinajstić information content (AvgIpc) is 0.848. The van der Waals surface area contributed by atoms with Gasteiger partial charge in [-0.25, -0.2) is 9.59 Å². The highest BCUT2D eigenvalue weighted by molar-refractivity contribution is 5.82. The predicted octanol–water partition coefficient (Wildman–Crippen LogP) is 11.1. The van der Waals surface area contributed by atoms with Gasteiger partial charge in [0, 0.05) is 113 Å². The standard InChI is InChI=1S/C16H29NO5.C16H27NO4.C13H25NO3.C13H23NO2.C12H23NO2/c1-15(2)10-12(11-16(3,4)17(15)5)21-9-7-14(20)22-8-6-13(18)19;1-7-13(18)20-9-8-14(19)21-12-10-15(2,3)17(6)16(4,5)11-12;1-12(2)8-10(17-7-6-11(15)16)9-13(3,4)14(12)5;1-7-11(15)16-10-8-12(2,3)14(6)13(4,5)9-10;1-9(14)15-10-7-11(2,3)13(6)12(4,5)8-10/h12H,6-11H2,1-5H3,(H,18,19);7,12H,1,8-11H2,2-6H3;10H,6-9H2,1-5H3,(H,15,16);7,10H,1,8-9H2,2-6H3;10H,7-8H2,1-6H3. The minimum Gasteiger partial charge on any atom is -0.481 e. The molecule has 5 rings (SSSR count). The van der Waals surface area contributed by atoms with Crippen molar-refractivity contribution >= 4 is 41.8 Å².